The molecule has 0 amide bonds. The van der Waals surface area contributed by atoms with E-state index >= 15 is 0 Å². The number of ketones is 2. The number of hydrogen-bond acceptors (Lipinski definition) is 8. The van der Waals surface area contributed by atoms with Crippen molar-refractivity contribution in [3.8, 4) is 34.1 Å². The molecule has 1 aliphatic carbocycles. The van der Waals surface area contributed by atoms with Crippen molar-refractivity contribution in [1.82, 2.24) is 0 Å². The zero-order valence-electron chi connectivity index (χ0n) is 17.2. The van der Waals surface area contributed by atoms with Gasteiger partial charge in [0.2, 0.25) is 41.4 Å². The molecule has 0 radical (unpaired) electrons. The summed E-state index contributed by atoms with van der Waals surface area (Å²) >= 11 is 0. The van der Waals surface area contributed by atoms with Crippen molar-refractivity contribution >= 4 is 11.6 Å². The summed E-state index contributed by atoms with van der Waals surface area (Å²) in [5.41, 5.74) is 2.21. The van der Waals surface area contributed by atoms with Crippen molar-refractivity contribution in [2.75, 3.05) is 35.2 Å². The molecule has 0 saturated carbocycles. The van der Waals surface area contributed by atoms with Crippen molar-refractivity contribution in [2.45, 2.75) is 6.92 Å². The van der Waals surface area contributed by atoms with Crippen LogP contribution in [0.3, 0.4) is 0 Å². The fourth-order valence-electron chi connectivity index (χ4n) is 3.80. The number of fused-ring (bicyclic) bond motifs is 2. The Morgan fingerprint density at radius 1 is 0.733 bits per heavy atom. The number of aryl methyl sites for hydroxylation is 1. The maximum atomic E-state index is 13.3. The van der Waals surface area contributed by atoms with Crippen molar-refractivity contribution in [3.63, 3.8) is 0 Å². The van der Waals surface area contributed by atoms with E-state index in [4.69, 9.17) is 28.4 Å². The smallest absolute Gasteiger partial charge is 0.232 e. The molecular weight excluding hydrogens is 392 g/mol. The summed E-state index contributed by atoms with van der Waals surface area (Å²) in [6.45, 7) is 1.85. The predicted molar refractivity (Wildman–Crippen MR) is 106 cm³/mol. The highest BCUT2D eigenvalue weighted by Crippen LogP contribution is 2.53. The number of rotatable bonds is 5. The van der Waals surface area contributed by atoms with Gasteiger partial charge < -0.3 is 28.4 Å². The van der Waals surface area contributed by atoms with Gasteiger partial charge in [0.15, 0.2) is 11.5 Å². The van der Waals surface area contributed by atoms with Gasteiger partial charge in [-0.3, -0.25) is 9.59 Å². The molecule has 8 heteroatoms. The Labute approximate surface area is 172 Å². The Kier molecular flexibility index (Phi) is 4.77. The molecule has 0 spiro atoms. The van der Waals surface area contributed by atoms with E-state index in [1.54, 1.807) is 18.2 Å². The Morgan fingerprint density at radius 3 is 2.00 bits per heavy atom. The average Bonchev–Trinajstić information content (AvgIpc) is 3.23. The van der Waals surface area contributed by atoms with E-state index in [9.17, 15) is 9.59 Å². The van der Waals surface area contributed by atoms with Crippen LogP contribution in [0.25, 0.3) is 11.1 Å². The summed E-state index contributed by atoms with van der Waals surface area (Å²) in [5.74, 6) is 0.421. The fraction of sp³-hybridized carbons (Fsp3) is 0.273. The molecule has 1 heterocycles. The van der Waals surface area contributed by atoms with E-state index in [1.165, 1.54) is 28.4 Å². The highest BCUT2D eigenvalue weighted by atomic mass is 16.7. The minimum atomic E-state index is -0.461. The standard InChI is InChI=1S/C22H20O8/c1-10-6-11(12-8-14(25-2)19-22(18(12)26-3)30-9-29-19)15-13(7-10)16(23)20(27-4)21(28-5)17(15)24/h6-8H,9H2,1-5H3. The quantitative estimate of drug-likeness (QED) is 0.739. The van der Waals surface area contributed by atoms with Gasteiger partial charge in [0.25, 0.3) is 0 Å². The van der Waals surface area contributed by atoms with E-state index in [-0.39, 0.29) is 29.4 Å². The third kappa shape index (κ3) is 2.67. The molecule has 0 unspecified atom stereocenters. The van der Waals surface area contributed by atoms with Crippen LogP contribution in [0.1, 0.15) is 26.3 Å². The number of Topliss-reactive ketones (excluding diaryl/α,β-unsaturated/α-hetero) is 2. The summed E-state index contributed by atoms with van der Waals surface area (Å²) < 4.78 is 32.5. The van der Waals surface area contributed by atoms with Crippen molar-refractivity contribution in [3.05, 3.63) is 46.4 Å². The SMILES string of the molecule is COC1=C(OC)C(=O)c2c(cc(C)cc2-c2cc(OC)c3c(c2OC)OCO3)C1=O. The second-order valence-corrected chi connectivity index (χ2v) is 6.68. The van der Waals surface area contributed by atoms with Gasteiger partial charge in [-0.2, -0.15) is 0 Å². The molecule has 0 atom stereocenters. The number of hydrogen-bond donors (Lipinski definition) is 0. The molecule has 2 aromatic rings. The zero-order valence-corrected chi connectivity index (χ0v) is 17.2. The first-order valence-corrected chi connectivity index (χ1v) is 9.08. The Balaban J connectivity index is 2.06. The van der Waals surface area contributed by atoms with Gasteiger partial charge in [-0.1, -0.05) is 6.07 Å². The van der Waals surface area contributed by atoms with Crippen LogP contribution in [0.5, 0.6) is 23.0 Å². The van der Waals surface area contributed by atoms with E-state index in [2.05, 4.69) is 0 Å². The first kappa shape index (κ1) is 19.6. The molecule has 0 saturated heterocycles. The molecule has 1 aliphatic heterocycles. The Hall–Kier alpha value is -3.68. The molecule has 0 bridgehead atoms. The van der Waals surface area contributed by atoms with Crippen molar-refractivity contribution < 1.29 is 38.0 Å². The van der Waals surface area contributed by atoms with Crippen LogP contribution < -0.4 is 18.9 Å². The maximum absolute atomic E-state index is 13.3. The highest BCUT2D eigenvalue weighted by molar-refractivity contribution is 6.27. The van der Waals surface area contributed by atoms with Crippen molar-refractivity contribution in [1.29, 1.82) is 0 Å². The van der Waals surface area contributed by atoms with E-state index in [0.29, 0.717) is 34.1 Å². The molecule has 4 rings (SSSR count). The minimum Gasteiger partial charge on any atom is -0.493 e. The summed E-state index contributed by atoms with van der Waals surface area (Å²) in [6.07, 6.45) is 0. The number of ether oxygens (including phenoxy) is 6. The lowest BCUT2D eigenvalue weighted by molar-refractivity contribution is 0.0829. The highest BCUT2D eigenvalue weighted by Gasteiger charge is 2.38. The van der Waals surface area contributed by atoms with Gasteiger partial charge in [-0.15, -0.1) is 0 Å². The summed E-state index contributed by atoms with van der Waals surface area (Å²) in [6, 6.07) is 5.15. The molecule has 156 valence electrons. The number of methoxy groups -OCH3 is 4. The summed E-state index contributed by atoms with van der Waals surface area (Å²) in [7, 11) is 5.64. The first-order valence-electron chi connectivity index (χ1n) is 9.08. The molecule has 0 N–H and O–H groups in total. The Morgan fingerprint density at radius 2 is 1.37 bits per heavy atom. The van der Waals surface area contributed by atoms with E-state index < -0.39 is 11.6 Å². The lowest BCUT2D eigenvalue weighted by Crippen LogP contribution is -2.25. The third-order valence-electron chi connectivity index (χ3n) is 5.06. The second kappa shape index (κ2) is 7.29. The average molecular weight is 412 g/mol. The van der Waals surface area contributed by atoms with Crippen molar-refractivity contribution in [2.24, 2.45) is 0 Å². The van der Waals surface area contributed by atoms with Gasteiger partial charge in [-0.25, -0.2) is 0 Å². The Bertz CT molecular complexity index is 1110. The molecule has 30 heavy (non-hydrogen) atoms. The lowest BCUT2D eigenvalue weighted by atomic mass is 9.84. The van der Waals surface area contributed by atoms with Gasteiger partial charge in [0.05, 0.1) is 28.4 Å². The van der Waals surface area contributed by atoms with Crippen LogP contribution in [0.4, 0.5) is 0 Å². The number of allylic oxidation sites excluding steroid dienone is 2. The molecule has 2 aliphatic rings. The topological polar surface area (TPSA) is 89.5 Å². The van der Waals surface area contributed by atoms with Gasteiger partial charge in [-0.05, 0) is 30.2 Å². The van der Waals surface area contributed by atoms with Crippen LogP contribution in [-0.2, 0) is 9.47 Å². The molecule has 0 fully saturated rings. The van der Waals surface area contributed by atoms with E-state index in [0.717, 1.165) is 5.56 Å². The normalized spacial score (nSPS) is 14.6. The second-order valence-electron chi connectivity index (χ2n) is 6.68. The molecule has 0 aromatic heterocycles. The van der Waals surface area contributed by atoms with Gasteiger partial charge >= 0.3 is 0 Å². The fourth-order valence-corrected chi connectivity index (χ4v) is 3.80. The number of carbonyl (C=O) groups excluding carboxylic acids is 2. The largest absolute Gasteiger partial charge is 0.493 e. The summed E-state index contributed by atoms with van der Waals surface area (Å²) in [4.78, 5) is 26.4. The van der Waals surface area contributed by atoms with Crippen LogP contribution in [0.2, 0.25) is 0 Å². The van der Waals surface area contributed by atoms with Gasteiger partial charge in [0.1, 0.15) is 0 Å². The van der Waals surface area contributed by atoms with Gasteiger partial charge in [0, 0.05) is 16.7 Å². The molecular formula is C22H20O8. The number of carbonyl (C=O) groups is 2. The first-order chi connectivity index (χ1) is 14.5. The minimum absolute atomic E-state index is 0.0165. The predicted octanol–water partition coefficient (Wildman–Crippen LogP) is 3.29. The molecule has 2 aromatic carbocycles. The lowest BCUT2D eigenvalue weighted by Gasteiger charge is -2.23. The third-order valence-corrected chi connectivity index (χ3v) is 5.06. The monoisotopic (exact) mass is 412 g/mol. The number of benzene rings is 2. The molecule has 8 nitrogen and oxygen atoms in total. The van der Waals surface area contributed by atoms with E-state index in [1.807, 2.05) is 6.92 Å². The van der Waals surface area contributed by atoms with Crippen LogP contribution in [-0.4, -0.2) is 46.8 Å². The maximum Gasteiger partial charge on any atom is 0.232 e. The van der Waals surface area contributed by atoms with Crippen LogP contribution in [0, 0.1) is 6.92 Å². The van der Waals surface area contributed by atoms with Crippen LogP contribution >= 0.6 is 0 Å². The van der Waals surface area contributed by atoms with Crippen LogP contribution in [0.15, 0.2) is 29.7 Å². The summed E-state index contributed by atoms with van der Waals surface area (Å²) in [5, 5.41) is 0. The zero-order chi connectivity index (χ0) is 21.6.